The Labute approximate surface area is 125 Å². The Morgan fingerprint density at radius 3 is 2.33 bits per heavy atom. The number of nitrogens with two attached hydrogens (primary N) is 1. The first-order valence-electron chi connectivity index (χ1n) is 6.95. The fraction of sp³-hybridized carbons (Fsp3) is 0.600. The normalized spacial score (nSPS) is 19.1. The lowest BCUT2D eigenvalue weighted by Crippen LogP contribution is -2.36. The van der Waals surface area contributed by atoms with Crippen molar-refractivity contribution in [2.45, 2.75) is 12.5 Å². The molecule has 0 bridgehead atoms. The molecule has 0 aliphatic carbocycles. The van der Waals surface area contributed by atoms with Crippen LogP contribution < -0.4 is 24.7 Å². The zero-order valence-corrected chi connectivity index (χ0v) is 12.8. The molecule has 1 saturated heterocycles. The second-order valence-corrected chi connectivity index (χ2v) is 4.96. The van der Waals surface area contributed by atoms with E-state index in [1.807, 2.05) is 0 Å². The lowest BCUT2D eigenvalue weighted by Gasteiger charge is -2.19. The van der Waals surface area contributed by atoms with E-state index >= 15 is 0 Å². The van der Waals surface area contributed by atoms with Crippen LogP contribution in [-0.2, 0) is 4.74 Å². The quantitative estimate of drug-likeness (QED) is 0.821. The second kappa shape index (κ2) is 7.38. The van der Waals surface area contributed by atoms with Crippen LogP contribution in [0.4, 0.5) is 0 Å². The van der Waals surface area contributed by atoms with E-state index in [-0.39, 0.29) is 6.04 Å². The van der Waals surface area contributed by atoms with Crippen molar-refractivity contribution in [2.75, 3.05) is 41.2 Å². The highest BCUT2D eigenvalue weighted by Crippen LogP contribution is 2.40. The van der Waals surface area contributed by atoms with Crippen LogP contribution in [-0.4, -0.2) is 47.2 Å². The van der Waals surface area contributed by atoms with Gasteiger partial charge in [0.25, 0.3) is 0 Å². The Bertz CT molecular complexity index is 434. The number of benzene rings is 1. The maximum absolute atomic E-state index is 6.13. The smallest absolute Gasteiger partial charge is 0.203 e. The minimum absolute atomic E-state index is 0.0495. The van der Waals surface area contributed by atoms with Crippen LogP contribution in [0.1, 0.15) is 6.42 Å². The largest absolute Gasteiger partial charge is 0.493 e. The summed E-state index contributed by atoms with van der Waals surface area (Å²) in [5.74, 6) is 2.65. The summed E-state index contributed by atoms with van der Waals surface area (Å²) < 4.78 is 27.0. The molecular weight excluding hydrogens is 274 g/mol. The molecule has 0 saturated carbocycles. The summed E-state index contributed by atoms with van der Waals surface area (Å²) in [6.45, 7) is 1.91. The highest BCUT2D eigenvalue weighted by Gasteiger charge is 2.23. The summed E-state index contributed by atoms with van der Waals surface area (Å²) >= 11 is 0. The number of methoxy groups -OCH3 is 3. The Kier molecular flexibility index (Phi) is 5.52. The molecule has 6 nitrogen and oxygen atoms in total. The van der Waals surface area contributed by atoms with Crippen LogP contribution in [0, 0.1) is 5.92 Å². The van der Waals surface area contributed by atoms with E-state index in [0.717, 1.165) is 13.0 Å². The highest BCUT2D eigenvalue weighted by molar-refractivity contribution is 5.55. The van der Waals surface area contributed by atoms with Crippen LogP contribution in [0.5, 0.6) is 23.0 Å². The summed E-state index contributed by atoms with van der Waals surface area (Å²) in [7, 11) is 4.71. The van der Waals surface area contributed by atoms with E-state index in [1.165, 1.54) is 0 Å². The number of rotatable bonds is 7. The molecule has 2 unspecified atom stereocenters. The van der Waals surface area contributed by atoms with Crippen molar-refractivity contribution in [1.29, 1.82) is 0 Å². The van der Waals surface area contributed by atoms with Crippen LogP contribution in [0.15, 0.2) is 12.1 Å². The van der Waals surface area contributed by atoms with E-state index in [2.05, 4.69) is 0 Å². The van der Waals surface area contributed by atoms with Gasteiger partial charge in [-0.05, 0) is 6.42 Å². The van der Waals surface area contributed by atoms with Crippen molar-refractivity contribution in [3.8, 4) is 23.0 Å². The van der Waals surface area contributed by atoms with Gasteiger partial charge in [0.15, 0.2) is 11.5 Å². The summed E-state index contributed by atoms with van der Waals surface area (Å²) in [6.07, 6.45) is 0.986. The zero-order chi connectivity index (χ0) is 15.2. The topological polar surface area (TPSA) is 72.2 Å². The van der Waals surface area contributed by atoms with Gasteiger partial charge in [-0.2, -0.15) is 0 Å². The van der Waals surface area contributed by atoms with Crippen LogP contribution in [0.25, 0.3) is 0 Å². The minimum Gasteiger partial charge on any atom is -0.493 e. The third-order valence-corrected chi connectivity index (χ3v) is 3.65. The fourth-order valence-corrected chi connectivity index (χ4v) is 2.36. The molecule has 1 aliphatic heterocycles. The molecule has 0 aromatic heterocycles. The SMILES string of the molecule is COc1cc(OCC(N)C2CCOC2)cc(OC)c1OC. The number of hydrogen-bond acceptors (Lipinski definition) is 6. The summed E-state index contributed by atoms with van der Waals surface area (Å²) in [4.78, 5) is 0. The maximum atomic E-state index is 6.13. The summed E-state index contributed by atoms with van der Waals surface area (Å²) in [5, 5.41) is 0. The Balaban J connectivity index is 2.05. The van der Waals surface area contributed by atoms with Crippen molar-refractivity contribution in [3.63, 3.8) is 0 Å². The van der Waals surface area contributed by atoms with Gasteiger partial charge in [-0.15, -0.1) is 0 Å². The van der Waals surface area contributed by atoms with Gasteiger partial charge in [-0.3, -0.25) is 0 Å². The molecule has 21 heavy (non-hydrogen) atoms. The first-order valence-corrected chi connectivity index (χ1v) is 6.95. The van der Waals surface area contributed by atoms with Gasteiger partial charge in [0, 0.05) is 30.7 Å². The van der Waals surface area contributed by atoms with Crippen LogP contribution in [0.3, 0.4) is 0 Å². The molecule has 1 aromatic rings. The monoisotopic (exact) mass is 297 g/mol. The molecule has 0 spiro atoms. The maximum Gasteiger partial charge on any atom is 0.203 e. The molecule has 118 valence electrons. The molecule has 1 aromatic carbocycles. The van der Waals surface area contributed by atoms with Gasteiger partial charge in [0.1, 0.15) is 12.4 Å². The molecule has 0 radical (unpaired) electrons. The van der Waals surface area contributed by atoms with Crippen LogP contribution in [0.2, 0.25) is 0 Å². The molecule has 0 amide bonds. The first-order chi connectivity index (χ1) is 10.2. The van der Waals surface area contributed by atoms with E-state index < -0.39 is 0 Å². The molecule has 2 rings (SSSR count). The predicted molar refractivity (Wildman–Crippen MR) is 78.5 cm³/mol. The predicted octanol–water partition coefficient (Wildman–Crippen LogP) is 1.45. The van der Waals surface area contributed by atoms with E-state index in [9.17, 15) is 0 Å². The average Bonchev–Trinajstić information content (AvgIpc) is 3.05. The van der Waals surface area contributed by atoms with Gasteiger partial charge < -0.3 is 29.4 Å². The Morgan fingerprint density at radius 1 is 1.19 bits per heavy atom. The third kappa shape index (κ3) is 3.71. The Hall–Kier alpha value is -1.66. The van der Waals surface area contributed by atoms with E-state index in [4.69, 9.17) is 29.4 Å². The molecule has 1 aliphatic rings. The molecule has 1 fully saturated rings. The van der Waals surface area contributed by atoms with Crippen molar-refractivity contribution in [3.05, 3.63) is 12.1 Å². The molecule has 6 heteroatoms. The highest BCUT2D eigenvalue weighted by atomic mass is 16.5. The number of hydrogen-bond donors (Lipinski definition) is 1. The van der Waals surface area contributed by atoms with Crippen molar-refractivity contribution in [2.24, 2.45) is 11.7 Å². The van der Waals surface area contributed by atoms with Crippen molar-refractivity contribution < 1.29 is 23.7 Å². The molecule has 2 atom stereocenters. The Morgan fingerprint density at radius 2 is 1.86 bits per heavy atom. The second-order valence-electron chi connectivity index (χ2n) is 4.96. The van der Waals surface area contributed by atoms with Crippen molar-refractivity contribution >= 4 is 0 Å². The van der Waals surface area contributed by atoms with Gasteiger partial charge in [0.2, 0.25) is 5.75 Å². The average molecular weight is 297 g/mol. The van der Waals surface area contributed by atoms with E-state index in [0.29, 0.717) is 42.1 Å². The lowest BCUT2D eigenvalue weighted by molar-refractivity contribution is 0.169. The molecular formula is C15H23NO5. The zero-order valence-electron chi connectivity index (χ0n) is 12.8. The van der Waals surface area contributed by atoms with Gasteiger partial charge >= 0.3 is 0 Å². The standard InChI is InChI=1S/C15H23NO5/c1-17-13-6-11(7-14(18-2)15(13)19-3)21-9-12(16)10-4-5-20-8-10/h6-7,10,12H,4-5,8-9,16H2,1-3H3. The van der Waals surface area contributed by atoms with Crippen LogP contribution >= 0.6 is 0 Å². The molecule has 2 N–H and O–H groups in total. The van der Waals surface area contributed by atoms with Crippen molar-refractivity contribution in [1.82, 2.24) is 0 Å². The molecule has 1 heterocycles. The summed E-state index contributed by atoms with van der Waals surface area (Å²) in [6, 6.07) is 3.48. The van der Waals surface area contributed by atoms with E-state index in [1.54, 1.807) is 33.5 Å². The minimum atomic E-state index is -0.0495. The third-order valence-electron chi connectivity index (χ3n) is 3.65. The van der Waals surface area contributed by atoms with Gasteiger partial charge in [-0.1, -0.05) is 0 Å². The van der Waals surface area contributed by atoms with Gasteiger partial charge in [0.05, 0.1) is 27.9 Å². The summed E-state index contributed by atoms with van der Waals surface area (Å²) in [5.41, 5.74) is 6.13. The first kappa shape index (κ1) is 15.7. The number of ether oxygens (including phenoxy) is 5. The lowest BCUT2D eigenvalue weighted by atomic mass is 10.0. The van der Waals surface area contributed by atoms with Gasteiger partial charge in [-0.25, -0.2) is 0 Å². The fourth-order valence-electron chi connectivity index (χ4n) is 2.36.